The molecule has 0 spiro atoms. The predicted molar refractivity (Wildman–Crippen MR) is 94.5 cm³/mol. The van der Waals surface area contributed by atoms with Crippen molar-refractivity contribution in [2.45, 2.75) is 26.7 Å². The van der Waals surface area contributed by atoms with E-state index in [1.165, 1.54) is 0 Å². The summed E-state index contributed by atoms with van der Waals surface area (Å²) in [5.41, 5.74) is 3.64. The Hall–Kier alpha value is -1.85. The Balaban J connectivity index is 0.00000192. The van der Waals surface area contributed by atoms with Crippen LogP contribution in [0.2, 0.25) is 0 Å². The highest BCUT2D eigenvalue weighted by Gasteiger charge is 2.23. The van der Waals surface area contributed by atoms with Crippen LogP contribution in [0.25, 0.3) is 5.69 Å². The largest absolute Gasteiger partial charge is 0.323 e. The minimum atomic E-state index is 0. The Kier molecular flexibility index (Phi) is 5.80. The maximum atomic E-state index is 12.4. The van der Waals surface area contributed by atoms with E-state index in [1.54, 1.807) is 0 Å². The Labute approximate surface area is 142 Å². The van der Waals surface area contributed by atoms with Crippen molar-refractivity contribution in [1.29, 1.82) is 0 Å². The molecule has 0 radical (unpaired) electrons. The van der Waals surface area contributed by atoms with Gasteiger partial charge in [-0.15, -0.1) is 12.4 Å². The molecule has 124 valence electrons. The molecule has 6 heteroatoms. The molecule has 1 aromatic heterocycles. The molecule has 23 heavy (non-hydrogen) atoms. The Morgan fingerprint density at radius 3 is 2.70 bits per heavy atom. The van der Waals surface area contributed by atoms with E-state index in [1.807, 2.05) is 48.9 Å². The molecule has 1 aromatic carbocycles. The van der Waals surface area contributed by atoms with Gasteiger partial charge in [-0.2, -0.15) is 5.10 Å². The zero-order valence-electron chi connectivity index (χ0n) is 13.5. The van der Waals surface area contributed by atoms with Crippen LogP contribution < -0.4 is 10.6 Å². The van der Waals surface area contributed by atoms with Gasteiger partial charge in [-0.1, -0.05) is 18.2 Å². The van der Waals surface area contributed by atoms with Gasteiger partial charge in [0.1, 0.15) is 0 Å². The molecule has 1 amide bonds. The SMILES string of the molecule is Cc1nn(-c2ccccc2)c(C)c1NC(=O)C1CCCNC1.Cl. The molecule has 1 aliphatic rings. The van der Waals surface area contributed by atoms with Crippen LogP contribution in [-0.4, -0.2) is 28.8 Å². The van der Waals surface area contributed by atoms with E-state index in [-0.39, 0.29) is 24.2 Å². The number of carbonyl (C=O) groups is 1. The number of hydrogen-bond donors (Lipinski definition) is 2. The summed E-state index contributed by atoms with van der Waals surface area (Å²) in [5, 5.41) is 10.9. The molecule has 2 N–H and O–H groups in total. The van der Waals surface area contributed by atoms with Crippen molar-refractivity contribution < 1.29 is 4.79 Å². The van der Waals surface area contributed by atoms with Gasteiger partial charge >= 0.3 is 0 Å². The maximum Gasteiger partial charge on any atom is 0.228 e. The normalized spacial score (nSPS) is 17.4. The van der Waals surface area contributed by atoms with E-state index in [4.69, 9.17) is 0 Å². The van der Waals surface area contributed by atoms with Crippen molar-refractivity contribution in [3.63, 3.8) is 0 Å². The number of benzene rings is 1. The molecular weight excluding hydrogens is 312 g/mol. The second-order valence-corrected chi connectivity index (χ2v) is 5.83. The fourth-order valence-electron chi connectivity index (χ4n) is 2.95. The van der Waals surface area contributed by atoms with Crippen molar-refractivity contribution in [2.75, 3.05) is 18.4 Å². The smallest absolute Gasteiger partial charge is 0.228 e. The van der Waals surface area contributed by atoms with E-state index in [2.05, 4.69) is 15.7 Å². The predicted octanol–water partition coefficient (Wildman–Crippen LogP) is 2.85. The Bertz CT molecular complexity index is 663. The number of hydrogen-bond acceptors (Lipinski definition) is 3. The van der Waals surface area contributed by atoms with E-state index in [0.717, 1.165) is 48.7 Å². The van der Waals surface area contributed by atoms with Crippen molar-refractivity contribution in [3.05, 3.63) is 41.7 Å². The van der Waals surface area contributed by atoms with Gasteiger partial charge in [0.25, 0.3) is 0 Å². The Morgan fingerprint density at radius 2 is 2.04 bits per heavy atom. The highest BCUT2D eigenvalue weighted by molar-refractivity contribution is 5.94. The number of nitrogens with one attached hydrogen (secondary N) is 2. The first-order valence-corrected chi connectivity index (χ1v) is 7.80. The van der Waals surface area contributed by atoms with Gasteiger partial charge in [0, 0.05) is 6.54 Å². The molecule has 1 aliphatic heterocycles. The summed E-state index contributed by atoms with van der Waals surface area (Å²) >= 11 is 0. The third kappa shape index (κ3) is 3.74. The number of nitrogens with zero attached hydrogens (tertiary/aromatic N) is 2. The monoisotopic (exact) mass is 334 g/mol. The number of para-hydroxylation sites is 1. The van der Waals surface area contributed by atoms with Crippen LogP contribution in [0.3, 0.4) is 0 Å². The number of aryl methyl sites for hydroxylation is 1. The van der Waals surface area contributed by atoms with Crippen LogP contribution >= 0.6 is 12.4 Å². The summed E-state index contributed by atoms with van der Waals surface area (Å²) < 4.78 is 1.88. The highest BCUT2D eigenvalue weighted by Crippen LogP contribution is 2.24. The quantitative estimate of drug-likeness (QED) is 0.907. The summed E-state index contributed by atoms with van der Waals surface area (Å²) in [6, 6.07) is 9.97. The van der Waals surface area contributed by atoms with Crippen LogP contribution in [0.15, 0.2) is 30.3 Å². The first kappa shape index (κ1) is 17.5. The molecular formula is C17H23ClN4O. The summed E-state index contributed by atoms with van der Waals surface area (Å²) in [6.45, 7) is 5.69. The van der Waals surface area contributed by atoms with E-state index in [9.17, 15) is 4.79 Å². The molecule has 2 heterocycles. The molecule has 2 aromatic rings. The number of rotatable bonds is 3. The van der Waals surface area contributed by atoms with Crippen LogP contribution in [-0.2, 0) is 4.79 Å². The van der Waals surface area contributed by atoms with Crippen molar-refractivity contribution in [2.24, 2.45) is 5.92 Å². The van der Waals surface area contributed by atoms with Gasteiger partial charge in [0.15, 0.2) is 0 Å². The molecule has 1 saturated heterocycles. The summed E-state index contributed by atoms with van der Waals surface area (Å²) in [4.78, 5) is 12.4. The average Bonchev–Trinajstić information content (AvgIpc) is 2.84. The number of anilines is 1. The molecule has 0 bridgehead atoms. The van der Waals surface area contributed by atoms with Crippen molar-refractivity contribution >= 4 is 24.0 Å². The zero-order valence-corrected chi connectivity index (χ0v) is 14.3. The lowest BCUT2D eigenvalue weighted by Crippen LogP contribution is -2.37. The lowest BCUT2D eigenvalue weighted by atomic mass is 9.99. The first-order chi connectivity index (χ1) is 10.7. The second kappa shape index (κ2) is 7.62. The van der Waals surface area contributed by atoms with Crippen molar-refractivity contribution in [1.82, 2.24) is 15.1 Å². The van der Waals surface area contributed by atoms with Crippen LogP contribution in [0, 0.1) is 19.8 Å². The number of piperidine rings is 1. The van der Waals surface area contributed by atoms with E-state index < -0.39 is 0 Å². The van der Waals surface area contributed by atoms with Crippen molar-refractivity contribution in [3.8, 4) is 5.69 Å². The molecule has 1 atom stereocenters. The first-order valence-electron chi connectivity index (χ1n) is 7.80. The van der Waals surface area contributed by atoms with Gasteiger partial charge in [-0.25, -0.2) is 4.68 Å². The molecule has 3 rings (SSSR count). The molecule has 1 unspecified atom stereocenters. The molecule has 5 nitrogen and oxygen atoms in total. The molecule has 0 saturated carbocycles. The van der Waals surface area contributed by atoms with Gasteiger partial charge < -0.3 is 10.6 Å². The topological polar surface area (TPSA) is 59.0 Å². The lowest BCUT2D eigenvalue weighted by molar-refractivity contribution is -0.120. The van der Waals surface area contributed by atoms with E-state index in [0.29, 0.717) is 0 Å². The number of halogens is 1. The summed E-state index contributed by atoms with van der Waals surface area (Å²) in [5.74, 6) is 0.138. The van der Waals surface area contributed by atoms with Gasteiger partial charge in [0.2, 0.25) is 5.91 Å². The average molecular weight is 335 g/mol. The lowest BCUT2D eigenvalue weighted by Gasteiger charge is -2.21. The van der Waals surface area contributed by atoms with Gasteiger partial charge in [-0.05, 0) is 45.4 Å². The van der Waals surface area contributed by atoms with Crippen LogP contribution in [0.4, 0.5) is 5.69 Å². The fourth-order valence-corrected chi connectivity index (χ4v) is 2.95. The maximum absolute atomic E-state index is 12.4. The summed E-state index contributed by atoms with van der Waals surface area (Å²) in [6.07, 6.45) is 2.00. The second-order valence-electron chi connectivity index (χ2n) is 5.83. The minimum absolute atomic E-state index is 0. The highest BCUT2D eigenvalue weighted by atomic mass is 35.5. The number of amides is 1. The number of carbonyl (C=O) groups excluding carboxylic acids is 1. The third-order valence-corrected chi connectivity index (χ3v) is 4.21. The molecule has 1 fully saturated rings. The van der Waals surface area contributed by atoms with Crippen LogP contribution in [0.1, 0.15) is 24.2 Å². The van der Waals surface area contributed by atoms with Gasteiger partial charge in [0.05, 0.1) is 28.7 Å². The standard InChI is InChI=1S/C17H22N4O.ClH/c1-12-16(19-17(22)14-7-6-10-18-11-14)13(2)21(20-12)15-8-4-3-5-9-15;/h3-5,8-9,14,18H,6-7,10-11H2,1-2H3,(H,19,22);1H. The number of aromatic nitrogens is 2. The van der Waals surface area contributed by atoms with Crippen LogP contribution in [0.5, 0.6) is 0 Å². The third-order valence-electron chi connectivity index (χ3n) is 4.21. The minimum Gasteiger partial charge on any atom is -0.323 e. The fraction of sp³-hybridized carbons (Fsp3) is 0.412. The Morgan fingerprint density at radius 1 is 1.30 bits per heavy atom. The molecule has 0 aliphatic carbocycles. The van der Waals surface area contributed by atoms with E-state index >= 15 is 0 Å². The zero-order chi connectivity index (χ0) is 15.5. The summed E-state index contributed by atoms with van der Waals surface area (Å²) in [7, 11) is 0. The van der Waals surface area contributed by atoms with Gasteiger partial charge in [-0.3, -0.25) is 4.79 Å².